The number of piperidine rings is 1. The van der Waals surface area contributed by atoms with E-state index in [0.717, 1.165) is 0 Å². The summed E-state index contributed by atoms with van der Waals surface area (Å²) >= 11 is 0. The second-order valence-electron chi connectivity index (χ2n) is 6.60. The molecule has 2 N–H and O–H groups in total. The van der Waals surface area contributed by atoms with E-state index in [9.17, 15) is 19.5 Å². The number of nitrogens with zero attached hydrogens (tertiary/aromatic N) is 1. The van der Waals surface area contributed by atoms with Crippen molar-refractivity contribution in [2.45, 2.75) is 43.7 Å². The highest BCUT2D eigenvalue weighted by atomic mass is 16.5. The Hall–Kier alpha value is -2.57. The van der Waals surface area contributed by atoms with Gasteiger partial charge in [0.25, 0.3) is 0 Å². The van der Waals surface area contributed by atoms with Crippen molar-refractivity contribution in [2.24, 2.45) is 0 Å². The second kappa shape index (κ2) is 7.13. The molecule has 3 rings (SSSR count). The minimum Gasteiger partial charge on any atom is -0.478 e. The number of ether oxygens (including phenoxy) is 1. The van der Waals surface area contributed by atoms with E-state index in [4.69, 9.17) is 4.74 Å². The predicted molar refractivity (Wildman–Crippen MR) is 89.0 cm³/mol. The maximum atomic E-state index is 12.4. The van der Waals surface area contributed by atoms with Crippen LogP contribution >= 0.6 is 0 Å². The van der Waals surface area contributed by atoms with Crippen molar-refractivity contribution in [3.05, 3.63) is 30.3 Å². The molecule has 0 unspecified atom stereocenters. The van der Waals surface area contributed by atoms with Gasteiger partial charge in [0.2, 0.25) is 17.4 Å². The van der Waals surface area contributed by atoms with E-state index in [1.54, 1.807) is 29.2 Å². The van der Waals surface area contributed by atoms with E-state index in [2.05, 4.69) is 5.32 Å². The van der Waals surface area contributed by atoms with Crippen LogP contribution in [0.3, 0.4) is 0 Å². The molecule has 2 saturated heterocycles. The molecule has 2 fully saturated rings. The quantitative estimate of drug-likeness (QED) is 0.835. The van der Waals surface area contributed by atoms with Gasteiger partial charge in [-0.1, -0.05) is 18.2 Å². The summed E-state index contributed by atoms with van der Waals surface area (Å²) in [6.07, 6.45) is 1.88. The summed E-state index contributed by atoms with van der Waals surface area (Å²) in [6.45, 7) is 0.664. The van der Waals surface area contributed by atoms with Gasteiger partial charge in [-0.25, -0.2) is 4.79 Å². The highest BCUT2D eigenvalue weighted by Gasteiger charge is 2.45. The van der Waals surface area contributed by atoms with E-state index in [-0.39, 0.29) is 37.1 Å². The van der Waals surface area contributed by atoms with Crippen molar-refractivity contribution in [1.82, 2.24) is 10.2 Å². The van der Waals surface area contributed by atoms with Crippen molar-refractivity contribution < 1.29 is 24.2 Å². The third-order valence-corrected chi connectivity index (χ3v) is 4.88. The monoisotopic (exact) mass is 346 g/mol. The molecule has 7 heteroatoms. The lowest BCUT2D eigenvalue weighted by atomic mass is 9.90. The minimum absolute atomic E-state index is 0.0161. The first-order valence-corrected chi connectivity index (χ1v) is 8.53. The number of carboxylic acids is 1. The van der Waals surface area contributed by atoms with Gasteiger partial charge in [-0.05, 0) is 18.6 Å². The Morgan fingerprint density at radius 3 is 2.48 bits per heavy atom. The Bertz CT molecular complexity index is 653. The third kappa shape index (κ3) is 3.92. The summed E-state index contributed by atoms with van der Waals surface area (Å²) in [5, 5.41) is 12.4. The number of benzene rings is 1. The number of carboxylic acid groups (broad SMARTS) is 1. The molecule has 2 amide bonds. The molecular weight excluding hydrogens is 324 g/mol. The maximum Gasteiger partial charge on any atom is 0.348 e. The molecule has 1 aromatic carbocycles. The van der Waals surface area contributed by atoms with Crippen LogP contribution in [-0.4, -0.2) is 52.5 Å². The van der Waals surface area contributed by atoms with Gasteiger partial charge in [0.1, 0.15) is 5.75 Å². The summed E-state index contributed by atoms with van der Waals surface area (Å²) in [4.78, 5) is 37.1. The van der Waals surface area contributed by atoms with Gasteiger partial charge < -0.3 is 20.1 Å². The minimum atomic E-state index is -1.31. The molecule has 0 saturated carbocycles. The first-order chi connectivity index (χ1) is 12.0. The second-order valence-corrected chi connectivity index (χ2v) is 6.60. The molecule has 0 spiro atoms. The summed E-state index contributed by atoms with van der Waals surface area (Å²) in [7, 11) is 0. The van der Waals surface area contributed by atoms with Crippen molar-refractivity contribution >= 4 is 17.8 Å². The van der Waals surface area contributed by atoms with Crippen molar-refractivity contribution in [2.75, 3.05) is 13.1 Å². The Balaban J connectivity index is 1.59. The summed E-state index contributed by atoms with van der Waals surface area (Å²) in [5.41, 5.74) is -1.31. The van der Waals surface area contributed by atoms with E-state index in [1.807, 2.05) is 6.07 Å². The zero-order chi connectivity index (χ0) is 17.9. The lowest BCUT2D eigenvalue weighted by Crippen LogP contribution is -2.54. The average molecular weight is 346 g/mol. The number of carbonyl (C=O) groups is 3. The molecule has 2 heterocycles. The predicted octanol–water partition coefficient (Wildman–Crippen LogP) is 1.18. The summed E-state index contributed by atoms with van der Waals surface area (Å²) in [6, 6.07) is 8.77. The van der Waals surface area contributed by atoms with Crippen molar-refractivity contribution in [3.63, 3.8) is 0 Å². The van der Waals surface area contributed by atoms with Crippen molar-refractivity contribution in [3.8, 4) is 5.75 Å². The molecular formula is C18H22N2O5. The zero-order valence-corrected chi connectivity index (χ0v) is 13.9. The van der Waals surface area contributed by atoms with Crippen LogP contribution in [-0.2, 0) is 14.4 Å². The molecule has 1 atom stereocenters. The van der Waals surface area contributed by atoms with Crippen LogP contribution in [0.15, 0.2) is 30.3 Å². The lowest BCUT2D eigenvalue weighted by molar-refractivity contribution is -0.162. The number of aliphatic carboxylic acids is 1. The van der Waals surface area contributed by atoms with E-state index in [1.165, 1.54) is 0 Å². The molecule has 7 nitrogen and oxygen atoms in total. The van der Waals surface area contributed by atoms with Crippen molar-refractivity contribution in [1.29, 1.82) is 0 Å². The summed E-state index contributed by atoms with van der Waals surface area (Å²) < 4.78 is 5.79. The van der Waals surface area contributed by atoms with Gasteiger partial charge in [0, 0.05) is 44.8 Å². The molecule has 25 heavy (non-hydrogen) atoms. The van der Waals surface area contributed by atoms with Crippen LogP contribution in [0.5, 0.6) is 5.75 Å². The van der Waals surface area contributed by atoms with E-state index in [0.29, 0.717) is 31.7 Å². The van der Waals surface area contributed by atoms with Crippen LogP contribution < -0.4 is 10.1 Å². The molecule has 0 aliphatic carbocycles. The van der Waals surface area contributed by atoms with Crippen LogP contribution in [0.1, 0.15) is 32.1 Å². The van der Waals surface area contributed by atoms with Crippen LogP contribution in [0, 0.1) is 0 Å². The maximum absolute atomic E-state index is 12.4. The lowest BCUT2D eigenvalue weighted by Gasteiger charge is -2.39. The Labute approximate surface area is 146 Å². The van der Waals surface area contributed by atoms with Gasteiger partial charge in [0.15, 0.2) is 0 Å². The van der Waals surface area contributed by atoms with Gasteiger partial charge in [-0.15, -0.1) is 0 Å². The van der Waals surface area contributed by atoms with Gasteiger partial charge in [0.05, 0.1) is 0 Å². The largest absolute Gasteiger partial charge is 0.478 e. The number of hydrogen-bond acceptors (Lipinski definition) is 4. The Kier molecular flexibility index (Phi) is 4.92. The Morgan fingerprint density at radius 1 is 1.24 bits per heavy atom. The highest BCUT2D eigenvalue weighted by Crippen LogP contribution is 2.29. The molecule has 2 aliphatic heterocycles. The first-order valence-electron chi connectivity index (χ1n) is 8.53. The summed E-state index contributed by atoms with van der Waals surface area (Å²) in [5.74, 6) is -0.562. The number of amides is 2. The fourth-order valence-corrected chi connectivity index (χ4v) is 3.36. The fraction of sp³-hybridized carbons (Fsp3) is 0.500. The highest BCUT2D eigenvalue weighted by molar-refractivity contribution is 5.82. The normalized spacial score (nSPS) is 22.3. The van der Waals surface area contributed by atoms with Crippen LogP contribution in [0.25, 0.3) is 0 Å². The van der Waals surface area contributed by atoms with Crippen LogP contribution in [0.4, 0.5) is 0 Å². The van der Waals surface area contributed by atoms with E-state index < -0.39 is 11.6 Å². The molecule has 0 aromatic heterocycles. The Morgan fingerprint density at radius 2 is 1.92 bits per heavy atom. The number of para-hydroxylation sites is 1. The molecule has 1 aromatic rings. The van der Waals surface area contributed by atoms with Gasteiger partial charge in [-0.3, -0.25) is 9.59 Å². The number of carbonyl (C=O) groups excluding carboxylic acids is 2. The zero-order valence-electron chi connectivity index (χ0n) is 13.9. The SMILES string of the molecule is O=C1CC[C@H](CC(=O)N2CCC(Oc3ccccc3)(C(=O)O)CC2)N1. The molecule has 2 aliphatic rings. The number of likely N-dealkylation sites (tertiary alicyclic amines) is 1. The van der Waals surface area contributed by atoms with Crippen LogP contribution in [0.2, 0.25) is 0 Å². The topological polar surface area (TPSA) is 95.9 Å². The molecule has 134 valence electrons. The van der Waals surface area contributed by atoms with E-state index >= 15 is 0 Å². The fourth-order valence-electron chi connectivity index (χ4n) is 3.36. The number of hydrogen-bond donors (Lipinski definition) is 2. The number of rotatable bonds is 5. The molecule has 0 bridgehead atoms. The first kappa shape index (κ1) is 17.3. The van der Waals surface area contributed by atoms with Gasteiger partial charge in [-0.2, -0.15) is 0 Å². The smallest absolute Gasteiger partial charge is 0.348 e. The molecule has 0 radical (unpaired) electrons. The standard InChI is InChI=1S/C18H22N2O5/c21-15-7-6-13(19-15)12-16(22)20-10-8-18(9-11-20,17(23)24)25-14-4-2-1-3-5-14/h1-5,13H,6-12H2,(H,19,21)(H,23,24)/t13-/m1/s1. The number of nitrogens with one attached hydrogen (secondary N) is 1. The average Bonchev–Trinajstić information content (AvgIpc) is 3.01. The van der Waals surface area contributed by atoms with Gasteiger partial charge >= 0.3 is 5.97 Å². The third-order valence-electron chi connectivity index (χ3n) is 4.88.